The molecule has 1 aromatic rings. The van der Waals surface area contributed by atoms with Crippen LogP contribution in [0.2, 0.25) is 5.02 Å². The molecule has 0 spiro atoms. The molecule has 0 aromatic heterocycles. The molecule has 0 unspecified atom stereocenters. The Morgan fingerprint density at radius 2 is 2.30 bits per heavy atom. The van der Waals surface area contributed by atoms with Crippen molar-refractivity contribution >= 4 is 23.6 Å². The normalized spacial score (nSPS) is 10.8. The number of carbonyl (C=O) groups is 1. The molecule has 108 valence electrons. The number of nitrogens with one attached hydrogen (secondary N) is 1. The van der Waals surface area contributed by atoms with Crippen LogP contribution >= 0.6 is 11.6 Å². The van der Waals surface area contributed by atoms with E-state index in [1.807, 2.05) is 6.92 Å². The van der Waals surface area contributed by atoms with Gasteiger partial charge in [-0.25, -0.2) is 4.39 Å². The molecule has 1 aromatic carbocycles. The summed E-state index contributed by atoms with van der Waals surface area (Å²) in [6.07, 6.45) is 2.93. The van der Waals surface area contributed by atoms with Crippen molar-refractivity contribution in [3.8, 4) is 0 Å². The van der Waals surface area contributed by atoms with Gasteiger partial charge in [0.25, 0.3) is 0 Å². The number of carbonyl (C=O) groups excluding carboxylic acids is 1. The number of benzene rings is 1. The first-order valence-corrected chi connectivity index (χ1v) is 6.50. The second-order valence-electron chi connectivity index (χ2n) is 4.31. The smallest absolute Gasteiger partial charge is 0.244 e. The minimum atomic E-state index is -0.483. The number of ether oxygens (including phenoxy) is 1. The summed E-state index contributed by atoms with van der Waals surface area (Å²) >= 11 is 5.64. The van der Waals surface area contributed by atoms with Crippen molar-refractivity contribution in [1.29, 1.82) is 0 Å². The standard InChI is InChI=1S/C15H17ClFNO2/c1-11(2)10-20-8-7-18-15(19)6-4-12-3-5-14(17)13(16)9-12/h3-6,9H,1,7-8,10H2,2H3,(H,18,19)/b6-4+. The summed E-state index contributed by atoms with van der Waals surface area (Å²) in [5.41, 5.74) is 1.59. The lowest BCUT2D eigenvalue weighted by Crippen LogP contribution is -2.25. The molecule has 0 saturated heterocycles. The molecule has 1 N–H and O–H groups in total. The SMILES string of the molecule is C=C(C)COCCNC(=O)/C=C/c1ccc(F)c(Cl)c1. The Morgan fingerprint density at radius 1 is 1.55 bits per heavy atom. The average Bonchev–Trinajstić information content (AvgIpc) is 2.39. The predicted molar refractivity (Wildman–Crippen MR) is 79.1 cm³/mol. The lowest BCUT2D eigenvalue weighted by Gasteiger charge is -2.04. The monoisotopic (exact) mass is 297 g/mol. The van der Waals surface area contributed by atoms with E-state index in [0.717, 1.165) is 5.57 Å². The van der Waals surface area contributed by atoms with Crippen LogP contribution in [0.25, 0.3) is 6.08 Å². The van der Waals surface area contributed by atoms with E-state index in [9.17, 15) is 9.18 Å². The fourth-order valence-corrected chi connectivity index (χ4v) is 1.53. The quantitative estimate of drug-likeness (QED) is 0.477. The molecule has 0 saturated carbocycles. The van der Waals surface area contributed by atoms with Gasteiger partial charge in [0.05, 0.1) is 18.2 Å². The summed E-state index contributed by atoms with van der Waals surface area (Å²) in [4.78, 5) is 11.5. The van der Waals surface area contributed by atoms with E-state index in [1.54, 1.807) is 12.1 Å². The van der Waals surface area contributed by atoms with Crippen LogP contribution in [-0.4, -0.2) is 25.7 Å². The van der Waals surface area contributed by atoms with Crippen molar-refractivity contribution in [2.24, 2.45) is 0 Å². The lowest BCUT2D eigenvalue weighted by atomic mass is 10.2. The summed E-state index contributed by atoms with van der Waals surface area (Å²) in [5.74, 6) is -0.729. The van der Waals surface area contributed by atoms with Gasteiger partial charge in [-0.1, -0.05) is 29.8 Å². The Balaban J connectivity index is 2.32. The number of hydrogen-bond acceptors (Lipinski definition) is 2. The minimum absolute atomic E-state index is 0.0285. The fraction of sp³-hybridized carbons (Fsp3) is 0.267. The minimum Gasteiger partial charge on any atom is -0.375 e. The molecule has 0 atom stereocenters. The van der Waals surface area contributed by atoms with Gasteiger partial charge in [0.2, 0.25) is 5.91 Å². The highest BCUT2D eigenvalue weighted by molar-refractivity contribution is 6.30. The number of hydrogen-bond donors (Lipinski definition) is 1. The third kappa shape index (κ3) is 6.50. The van der Waals surface area contributed by atoms with Crippen molar-refractivity contribution in [1.82, 2.24) is 5.32 Å². The van der Waals surface area contributed by atoms with E-state index in [1.165, 1.54) is 18.2 Å². The van der Waals surface area contributed by atoms with Crippen LogP contribution < -0.4 is 5.32 Å². The van der Waals surface area contributed by atoms with E-state index >= 15 is 0 Å². The zero-order valence-electron chi connectivity index (χ0n) is 11.3. The Labute approximate surface area is 123 Å². The van der Waals surface area contributed by atoms with E-state index in [-0.39, 0.29) is 10.9 Å². The van der Waals surface area contributed by atoms with E-state index < -0.39 is 5.82 Å². The Bertz CT molecular complexity index is 515. The highest BCUT2D eigenvalue weighted by Gasteiger charge is 1.99. The van der Waals surface area contributed by atoms with Gasteiger partial charge in [-0.15, -0.1) is 0 Å². The van der Waals surface area contributed by atoms with E-state index in [2.05, 4.69) is 11.9 Å². The molecule has 3 nitrogen and oxygen atoms in total. The molecule has 20 heavy (non-hydrogen) atoms. The van der Waals surface area contributed by atoms with Crippen molar-refractivity contribution < 1.29 is 13.9 Å². The maximum atomic E-state index is 12.9. The first-order valence-electron chi connectivity index (χ1n) is 6.12. The maximum absolute atomic E-state index is 12.9. The van der Waals surface area contributed by atoms with Crippen molar-refractivity contribution in [3.05, 3.63) is 52.8 Å². The van der Waals surface area contributed by atoms with Gasteiger partial charge in [0.15, 0.2) is 0 Å². The molecule has 0 aliphatic carbocycles. The Hall–Kier alpha value is -1.65. The summed E-state index contributed by atoms with van der Waals surface area (Å²) in [7, 11) is 0. The number of rotatable bonds is 7. The van der Waals surface area contributed by atoms with Crippen molar-refractivity contribution in [3.63, 3.8) is 0 Å². The van der Waals surface area contributed by atoms with Gasteiger partial charge in [-0.05, 0) is 30.7 Å². The van der Waals surface area contributed by atoms with Gasteiger partial charge in [-0.2, -0.15) is 0 Å². The predicted octanol–water partition coefficient (Wildman–Crippen LogP) is 3.20. The fourth-order valence-electron chi connectivity index (χ4n) is 1.34. The van der Waals surface area contributed by atoms with E-state index in [4.69, 9.17) is 16.3 Å². The zero-order chi connectivity index (χ0) is 15.0. The molecule has 0 radical (unpaired) electrons. The van der Waals surface area contributed by atoms with Gasteiger partial charge in [0.1, 0.15) is 5.82 Å². The molecular weight excluding hydrogens is 281 g/mol. The molecule has 1 amide bonds. The molecular formula is C15H17ClFNO2. The van der Waals surface area contributed by atoms with Crippen LogP contribution in [0.1, 0.15) is 12.5 Å². The zero-order valence-corrected chi connectivity index (χ0v) is 12.0. The van der Waals surface area contributed by atoms with Crippen LogP contribution in [0.3, 0.4) is 0 Å². The van der Waals surface area contributed by atoms with Crippen LogP contribution in [0.5, 0.6) is 0 Å². The second-order valence-corrected chi connectivity index (χ2v) is 4.71. The first kappa shape index (κ1) is 16.4. The largest absolute Gasteiger partial charge is 0.375 e. The van der Waals surface area contributed by atoms with Gasteiger partial charge >= 0.3 is 0 Å². The van der Waals surface area contributed by atoms with Crippen LogP contribution in [-0.2, 0) is 9.53 Å². The third-order valence-electron chi connectivity index (χ3n) is 2.26. The third-order valence-corrected chi connectivity index (χ3v) is 2.55. The number of amides is 1. The summed E-state index contributed by atoms with van der Waals surface area (Å²) < 4.78 is 18.2. The van der Waals surface area contributed by atoms with Crippen LogP contribution in [0.15, 0.2) is 36.4 Å². The molecule has 5 heteroatoms. The van der Waals surface area contributed by atoms with Crippen LogP contribution in [0.4, 0.5) is 4.39 Å². The summed E-state index contributed by atoms with van der Waals surface area (Å²) in [6.45, 7) is 6.90. The molecule has 0 fully saturated rings. The summed E-state index contributed by atoms with van der Waals surface area (Å²) in [5, 5.41) is 2.69. The van der Waals surface area contributed by atoms with Crippen molar-refractivity contribution in [2.45, 2.75) is 6.92 Å². The van der Waals surface area contributed by atoms with Crippen molar-refractivity contribution in [2.75, 3.05) is 19.8 Å². The topological polar surface area (TPSA) is 38.3 Å². The molecule has 0 aliphatic heterocycles. The molecule has 0 heterocycles. The lowest BCUT2D eigenvalue weighted by molar-refractivity contribution is -0.116. The van der Waals surface area contributed by atoms with Gasteiger partial charge in [-0.3, -0.25) is 4.79 Å². The highest BCUT2D eigenvalue weighted by atomic mass is 35.5. The highest BCUT2D eigenvalue weighted by Crippen LogP contribution is 2.16. The molecule has 0 aliphatic rings. The maximum Gasteiger partial charge on any atom is 0.244 e. The van der Waals surface area contributed by atoms with Gasteiger partial charge < -0.3 is 10.1 Å². The Kier molecular flexibility index (Phi) is 6.98. The summed E-state index contributed by atoms with van der Waals surface area (Å²) in [6, 6.07) is 4.25. The molecule has 1 rings (SSSR count). The second kappa shape index (κ2) is 8.51. The molecule has 0 bridgehead atoms. The number of halogens is 2. The van der Waals surface area contributed by atoms with Gasteiger partial charge in [0, 0.05) is 12.6 Å². The van der Waals surface area contributed by atoms with E-state index in [0.29, 0.717) is 25.3 Å². The Morgan fingerprint density at radius 3 is 2.95 bits per heavy atom. The first-order chi connectivity index (χ1) is 9.49. The average molecular weight is 298 g/mol. The van der Waals surface area contributed by atoms with Crippen LogP contribution in [0, 0.1) is 5.82 Å².